The number of nitrogens with one attached hydrogen (secondary N) is 2. The van der Waals surface area contributed by atoms with Gasteiger partial charge in [-0.2, -0.15) is 0 Å². The molecule has 1 saturated carbocycles. The topological polar surface area (TPSA) is 102 Å². The van der Waals surface area contributed by atoms with Gasteiger partial charge in [-0.25, -0.2) is 18.4 Å². The Bertz CT molecular complexity index is 611. The molecule has 1 aromatic heterocycles. The number of anilines is 1. The molecule has 0 aliphatic heterocycles. The third-order valence-electron chi connectivity index (χ3n) is 3.67. The zero-order valence-corrected chi connectivity index (χ0v) is 13.9. The zero-order chi connectivity index (χ0) is 16.2. The Labute approximate surface area is 130 Å². The van der Waals surface area contributed by atoms with E-state index in [1.165, 1.54) is 0 Å². The number of sulfonamides is 1. The van der Waals surface area contributed by atoms with Crippen LogP contribution in [0.3, 0.4) is 0 Å². The summed E-state index contributed by atoms with van der Waals surface area (Å²) in [6.07, 6.45) is 2.51. The first-order valence-corrected chi connectivity index (χ1v) is 8.67. The fourth-order valence-corrected chi connectivity index (χ4v) is 3.84. The van der Waals surface area contributed by atoms with Crippen molar-refractivity contribution in [2.75, 3.05) is 25.4 Å². The SMILES string of the molecule is COCc1cc(NNS(=O)(=O)CC2(OC)CCC2)nc(C)n1. The number of methoxy groups -OCH3 is 2. The van der Waals surface area contributed by atoms with Crippen LogP contribution in [0.1, 0.15) is 30.8 Å². The van der Waals surface area contributed by atoms with Crippen LogP contribution in [0.15, 0.2) is 6.07 Å². The molecular formula is C13H22N4O4S. The van der Waals surface area contributed by atoms with Gasteiger partial charge in [0.25, 0.3) is 0 Å². The summed E-state index contributed by atoms with van der Waals surface area (Å²) in [6, 6.07) is 1.63. The van der Waals surface area contributed by atoms with E-state index >= 15 is 0 Å². The number of ether oxygens (including phenoxy) is 2. The van der Waals surface area contributed by atoms with Gasteiger partial charge >= 0.3 is 0 Å². The highest BCUT2D eigenvalue weighted by Crippen LogP contribution is 2.35. The predicted molar refractivity (Wildman–Crippen MR) is 81.6 cm³/mol. The summed E-state index contributed by atoms with van der Waals surface area (Å²) >= 11 is 0. The minimum Gasteiger partial charge on any atom is -0.378 e. The number of aromatic nitrogens is 2. The lowest BCUT2D eigenvalue weighted by molar-refractivity contribution is -0.0526. The van der Waals surface area contributed by atoms with Crippen molar-refractivity contribution in [3.63, 3.8) is 0 Å². The first kappa shape index (κ1) is 17.1. The van der Waals surface area contributed by atoms with Crippen molar-refractivity contribution in [3.05, 3.63) is 17.6 Å². The molecule has 0 spiro atoms. The first-order chi connectivity index (χ1) is 10.4. The maximum atomic E-state index is 12.1. The molecule has 0 bridgehead atoms. The minimum atomic E-state index is -3.53. The van der Waals surface area contributed by atoms with Gasteiger partial charge < -0.3 is 9.47 Å². The highest BCUT2D eigenvalue weighted by atomic mass is 32.2. The van der Waals surface area contributed by atoms with E-state index in [0.29, 0.717) is 23.9 Å². The Hall–Kier alpha value is -1.29. The molecule has 1 heterocycles. The Morgan fingerprint density at radius 2 is 2.05 bits per heavy atom. The molecule has 0 unspecified atom stereocenters. The van der Waals surface area contributed by atoms with E-state index in [-0.39, 0.29) is 5.75 Å². The predicted octanol–water partition coefficient (Wildman–Crippen LogP) is 0.747. The molecule has 1 fully saturated rings. The van der Waals surface area contributed by atoms with Crippen LogP contribution in [0.25, 0.3) is 0 Å². The average molecular weight is 330 g/mol. The molecule has 2 N–H and O–H groups in total. The summed E-state index contributed by atoms with van der Waals surface area (Å²) in [6.45, 7) is 2.06. The Kier molecular flexibility index (Phi) is 5.32. The maximum Gasteiger partial charge on any atom is 0.231 e. The monoisotopic (exact) mass is 330 g/mol. The second-order valence-corrected chi connectivity index (χ2v) is 7.17. The van der Waals surface area contributed by atoms with E-state index < -0.39 is 15.6 Å². The molecule has 8 nitrogen and oxygen atoms in total. The van der Waals surface area contributed by atoms with E-state index in [9.17, 15) is 8.42 Å². The van der Waals surface area contributed by atoms with Crippen molar-refractivity contribution >= 4 is 15.8 Å². The quantitative estimate of drug-likeness (QED) is 0.678. The van der Waals surface area contributed by atoms with Gasteiger partial charge in [0.05, 0.1) is 23.7 Å². The van der Waals surface area contributed by atoms with Gasteiger partial charge in [-0.05, 0) is 26.2 Å². The molecular weight excluding hydrogens is 308 g/mol. The van der Waals surface area contributed by atoms with Gasteiger partial charge in [0, 0.05) is 20.3 Å². The minimum absolute atomic E-state index is 0.0709. The molecule has 0 aromatic carbocycles. The number of nitrogens with zero attached hydrogens (tertiary/aromatic N) is 2. The van der Waals surface area contributed by atoms with Gasteiger partial charge in [0.2, 0.25) is 10.0 Å². The van der Waals surface area contributed by atoms with Crippen molar-refractivity contribution in [2.24, 2.45) is 0 Å². The fourth-order valence-electron chi connectivity index (χ4n) is 2.41. The lowest BCUT2D eigenvalue weighted by atomic mass is 9.82. The molecule has 9 heteroatoms. The van der Waals surface area contributed by atoms with Crippen LogP contribution in [0.4, 0.5) is 5.82 Å². The second kappa shape index (κ2) is 6.86. The summed E-state index contributed by atoms with van der Waals surface area (Å²) in [4.78, 5) is 10.7. The van der Waals surface area contributed by atoms with Gasteiger partial charge in [-0.1, -0.05) is 0 Å². The van der Waals surface area contributed by atoms with E-state index in [4.69, 9.17) is 9.47 Å². The number of hydrogen-bond acceptors (Lipinski definition) is 7. The summed E-state index contributed by atoms with van der Waals surface area (Å²) in [7, 11) is -0.412. The molecule has 0 saturated heterocycles. The number of hydrazine groups is 1. The zero-order valence-electron chi connectivity index (χ0n) is 13.0. The lowest BCUT2D eigenvalue weighted by Gasteiger charge is -2.39. The molecule has 0 amide bonds. The smallest absolute Gasteiger partial charge is 0.231 e. The standard InChI is InChI=1S/C13H22N4O4S/c1-10-14-11(8-20-2)7-12(15-10)16-17-22(18,19)9-13(21-3)5-4-6-13/h7,17H,4-6,8-9H2,1-3H3,(H,14,15,16). The van der Waals surface area contributed by atoms with Crippen molar-refractivity contribution in [2.45, 2.75) is 38.4 Å². The van der Waals surface area contributed by atoms with E-state index in [1.807, 2.05) is 0 Å². The van der Waals surface area contributed by atoms with Crippen LogP contribution < -0.4 is 10.3 Å². The van der Waals surface area contributed by atoms with Crippen molar-refractivity contribution in [1.82, 2.24) is 14.8 Å². The molecule has 0 atom stereocenters. The molecule has 0 radical (unpaired) electrons. The molecule has 22 heavy (non-hydrogen) atoms. The third kappa shape index (κ3) is 4.35. The van der Waals surface area contributed by atoms with Crippen molar-refractivity contribution in [3.8, 4) is 0 Å². The Morgan fingerprint density at radius 1 is 1.32 bits per heavy atom. The largest absolute Gasteiger partial charge is 0.378 e. The number of hydrogen-bond donors (Lipinski definition) is 2. The second-order valence-electron chi connectivity index (χ2n) is 5.45. The maximum absolute atomic E-state index is 12.1. The van der Waals surface area contributed by atoms with Gasteiger partial charge in [-0.15, -0.1) is 4.83 Å². The van der Waals surface area contributed by atoms with Crippen LogP contribution in [0.2, 0.25) is 0 Å². The molecule has 124 valence electrons. The molecule has 2 rings (SSSR count). The average Bonchev–Trinajstić information content (AvgIpc) is 2.41. The highest BCUT2D eigenvalue weighted by molar-refractivity contribution is 7.89. The van der Waals surface area contributed by atoms with Crippen LogP contribution in [0, 0.1) is 6.92 Å². The van der Waals surface area contributed by atoms with Crippen LogP contribution in [-0.2, 0) is 26.1 Å². The van der Waals surface area contributed by atoms with Crippen molar-refractivity contribution in [1.29, 1.82) is 0 Å². The highest BCUT2D eigenvalue weighted by Gasteiger charge is 2.41. The van der Waals surface area contributed by atoms with Gasteiger partial charge in [0.15, 0.2) is 0 Å². The van der Waals surface area contributed by atoms with E-state index in [1.54, 1.807) is 27.2 Å². The van der Waals surface area contributed by atoms with Gasteiger partial charge in [-0.3, -0.25) is 5.43 Å². The van der Waals surface area contributed by atoms with Gasteiger partial charge in [0.1, 0.15) is 11.6 Å². The summed E-state index contributed by atoms with van der Waals surface area (Å²) in [5.41, 5.74) is 2.73. The Balaban J connectivity index is 1.99. The lowest BCUT2D eigenvalue weighted by Crippen LogP contribution is -2.49. The third-order valence-corrected chi connectivity index (χ3v) is 4.99. The summed E-state index contributed by atoms with van der Waals surface area (Å²) < 4.78 is 34.6. The summed E-state index contributed by atoms with van der Waals surface area (Å²) in [5.74, 6) is 0.838. The molecule has 1 aliphatic carbocycles. The summed E-state index contributed by atoms with van der Waals surface area (Å²) in [5, 5.41) is 0. The first-order valence-electron chi connectivity index (χ1n) is 7.02. The molecule has 1 aliphatic rings. The van der Waals surface area contributed by atoms with Crippen molar-refractivity contribution < 1.29 is 17.9 Å². The number of aryl methyl sites for hydroxylation is 1. The van der Waals surface area contributed by atoms with Crippen LogP contribution >= 0.6 is 0 Å². The van der Waals surface area contributed by atoms with Crippen LogP contribution in [-0.4, -0.2) is 44.0 Å². The normalized spacial score (nSPS) is 17.0. The molecule has 1 aromatic rings. The van der Waals surface area contributed by atoms with E-state index in [0.717, 1.165) is 19.3 Å². The Morgan fingerprint density at radius 3 is 2.59 bits per heavy atom. The van der Waals surface area contributed by atoms with E-state index in [2.05, 4.69) is 20.2 Å². The van der Waals surface area contributed by atoms with Crippen LogP contribution in [0.5, 0.6) is 0 Å². The fraction of sp³-hybridized carbons (Fsp3) is 0.692. The number of rotatable bonds is 8.